The number of carbonyl (C=O) groups is 1. The van der Waals surface area contributed by atoms with Crippen LogP contribution in [0.5, 0.6) is 5.75 Å². The van der Waals surface area contributed by atoms with Gasteiger partial charge in [0.1, 0.15) is 17.5 Å². The van der Waals surface area contributed by atoms with E-state index in [0.29, 0.717) is 24.4 Å². The highest BCUT2D eigenvalue weighted by Crippen LogP contribution is 2.36. The summed E-state index contributed by atoms with van der Waals surface area (Å²) in [4.78, 5) is 24.2. The molecule has 20 heavy (non-hydrogen) atoms. The van der Waals surface area contributed by atoms with Crippen LogP contribution in [0, 0.1) is 10.1 Å². The SMILES string of the molecule is COC(=O)C1CCCN1c1ccc(OC)cc1[N+](=O)[O-]. The van der Waals surface area contributed by atoms with Crippen molar-refractivity contribution in [3.8, 4) is 5.75 Å². The Hall–Kier alpha value is -2.31. The lowest BCUT2D eigenvalue weighted by molar-refractivity contribution is -0.384. The molecule has 0 bridgehead atoms. The van der Waals surface area contributed by atoms with Crippen LogP contribution in [0.2, 0.25) is 0 Å². The maximum atomic E-state index is 11.7. The molecule has 0 spiro atoms. The van der Waals surface area contributed by atoms with Crippen molar-refractivity contribution in [3.63, 3.8) is 0 Å². The first-order chi connectivity index (χ1) is 9.58. The van der Waals surface area contributed by atoms with Crippen molar-refractivity contribution in [3.05, 3.63) is 28.3 Å². The third-order valence-electron chi connectivity index (χ3n) is 3.41. The second kappa shape index (κ2) is 5.77. The molecular weight excluding hydrogens is 264 g/mol. The Bertz CT molecular complexity index is 531. The number of hydrogen-bond donors (Lipinski definition) is 0. The zero-order valence-corrected chi connectivity index (χ0v) is 11.4. The van der Waals surface area contributed by atoms with Crippen molar-refractivity contribution in [2.45, 2.75) is 18.9 Å². The molecular formula is C13H16N2O5. The molecule has 1 aliphatic heterocycles. The maximum absolute atomic E-state index is 11.7. The summed E-state index contributed by atoms with van der Waals surface area (Å²) < 4.78 is 9.76. The van der Waals surface area contributed by atoms with Crippen LogP contribution in [-0.2, 0) is 9.53 Å². The van der Waals surface area contributed by atoms with Crippen molar-refractivity contribution < 1.29 is 19.2 Å². The number of benzene rings is 1. The van der Waals surface area contributed by atoms with E-state index in [1.165, 1.54) is 20.3 Å². The van der Waals surface area contributed by atoms with Gasteiger partial charge in [-0.1, -0.05) is 0 Å². The fourth-order valence-electron chi connectivity index (χ4n) is 2.46. The molecule has 108 valence electrons. The standard InChI is InChI=1S/C13H16N2O5/c1-19-9-5-6-10(12(8-9)15(17)18)14-7-3-4-11(14)13(16)20-2/h5-6,8,11H,3-4,7H2,1-2H3. The number of nitrogens with zero attached hydrogens (tertiary/aromatic N) is 2. The molecule has 1 aromatic rings. The molecule has 1 fully saturated rings. The van der Waals surface area contributed by atoms with E-state index < -0.39 is 11.0 Å². The third-order valence-corrected chi connectivity index (χ3v) is 3.41. The topological polar surface area (TPSA) is 81.9 Å². The molecule has 0 amide bonds. The maximum Gasteiger partial charge on any atom is 0.328 e. The Kier molecular flexibility index (Phi) is 4.07. The minimum absolute atomic E-state index is 0.0693. The van der Waals surface area contributed by atoms with E-state index in [1.54, 1.807) is 17.0 Å². The van der Waals surface area contributed by atoms with Gasteiger partial charge in [-0.15, -0.1) is 0 Å². The summed E-state index contributed by atoms with van der Waals surface area (Å²) in [5.74, 6) is 0.0434. The molecule has 1 unspecified atom stereocenters. The molecule has 1 saturated heterocycles. The van der Waals surface area contributed by atoms with Crippen molar-refractivity contribution in [2.75, 3.05) is 25.7 Å². The third kappa shape index (κ3) is 2.52. The number of ether oxygens (including phenoxy) is 2. The van der Waals surface area contributed by atoms with Gasteiger partial charge in [0.2, 0.25) is 0 Å². The highest BCUT2D eigenvalue weighted by atomic mass is 16.6. The molecule has 1 atom stereocenters. The van der Waals surface area contributed by atoms with Crippen LogP contribution in [0.15, 0.2) is 18.2 Å². The minimum atomic E-state index is -0.468. The Morgan fingerprint density at radius 3 is 2.80 bits per heavy atom. The molecule has 0 radical (unpaired) electrons. The minimum Gasteiger partial charge on any atom is -0.496 e. The van der Waals surface area contributed by atoms with Gasteiger partial charge in [0.05, 0.1) is 25.2 Å². The van der Waals surface area contributed by atoms with Gasteiger partial charge in [-0.3, -0.25) is 10.1 Å². The van der Waals surface area contributed by atoms with Crippen molar-refractivity contribution in [1.29, 1.82) is 0 Å². The first-order valence-electron chi connectivity index (χ1n) is 6.25. The summed E-state index contributed by atoms with van der Waals surface area (Å²) in [6.07, 6.45) is 1.43. The summed E-state index contributed by atoms with van der Waals surface area (Å²) in [5.41, 5.74) is 0.351. The van der Waals surface area contributed by atoms with Gasteiger partial charge in [0, 0.05) is 6.54 Å². The zero-order chi connectivity index (χ0) is 14.7. The second-order valence-corrected chi connectivity index (χ2v) is 4.49. The Morgan fingerprint density at radius 2 is 2.20 bits per heavy atom. The molecule has 2 rings (SSSR count). The van der Waals surface area contributed by atoms with Crippen LogP contribution in [-0.4, -0.2) is 37.7 Å². The van der Waals surface area contributed by atoms with Gasteiger partial charge in [-0.05, 0) is 25.0 Å². The largest absolute Gasteiger partial charge is 0.496 e. The number of nitro benzene ring substituents is 1. The Morgan fingerprint density at radius 1 is 1.45 bits per heavy atom. The quantitative estimate of drug-likeness (QED) is 0.474. The van der Waals surface area contributed by atoms with Crippen molar-refractivity contribution in [2.24, 2.45) is 0 Å². The number of rotatable bonds is 4. The lowest BCUT2D eigenvalue weighted by Crippen LogP contribution is -2.37. The fourth-order valence-corrected chi connectivity index (χ4v) is 2.46. The molecule has 0 saturated carbocycles. The summed E-state index contributed by atoms with van der Waals surface area (Å²) in [6, 6.07) is 4.15. The smallest absolute Gasteiger partial charge is 0.328 e. The van der Waals surface area contributed by atoms with E-state index in [-0.39, 0.29) is 11.7 Å². The predicted molar refractivity (Wildman–Crippen MR) is 72.0 cm³/mol. The monoisotopic (exact) mass is 280 g/mol. The summed E-state index contributed by atoms with van der Waals surface area (Å²) >= 11 is 0. The van der Waals surface area contributed by atoms with Crippen molar-refractivity contribution >= 4 is 17.3 Å². The van der Waals surface area contributed by atoms with E-state index in [0.717, 1.165) is 6.42 Å². The van der Waals surface area contributed by atoms with E-state index in [9.17, 15) is 14.9 Å². The van der Waals surface area contributed by atoms with Gasteiger partial charge in [-0.25, -0.2) is 4.79 Å². The number of anilines is 1. The normalized spacial score (nSPS) is 17.9. The molecule has 1 heterocycles. The first-order valence-corrected chi connectivity index (χ1v) is 6.25. The second-order valence-electron chi connectivity index (χ2n) is 4.49. The molecule has 7 heteroatoms. The first kappa shape index (κ1) is 14.1. The van der Waals surface area contributed by atoms with E-state index in [1.807, 2.05) is 0 Å². The van der Waals surface area contributed by atoms with Crippen LogP contribution in [0.3, 0.4) is 0 Å². The van der Waals surface area contributed by atoms with Crippen LogP contribution < -0.4 is 9.64 Å². The van der Waals surface area contributed by atoms with Crippen molar-refractivity contribution in [1.82, 2.24) is 0 Å². The highest BCUT2D eigenvalue weighted by molar-refractivity contribution is 5.82. The van der Waals surface area contributed by atoms with Gasteiger partial charge < -0.3 is 14.4 Å². The zero-order valence-electron chi connectivity index (χ0n) is 11.4. The molecule has 1 aromatic carbocycles. The van der Waals surface area contributed by atoms with Crippen LogP contribution in [0.25, 0.3) is 0 Å². The average Bonchev–Trinajstić information content (AvgIpc) is 2.94. The van der Waals surface area contributed by atoms with E-state index >= 15 is 0 Å². The van der Waals surface area contributed by atoms with Gasteiger partial charge >= 0.3 is 5.97 Å². The molecule has 0 aromatic heterocycles. The number of methoxy groups -OCH3 is 2. The summed E-state index contributed by atoms with van der Waals surface area (Å²) in [7, 11) is 2.77. The molecule has 0 aliphatic carbocycles. The molecule has 7 nitrogen and oxygen atoms in total. The number of hydrogen-bond acceptors (Lipinski definition) is 6. The van der Waals surface area contributed by atoms with Crippen LogP contribution in [0.4, 0.5) is 11.4 Å². The van der Waals surface area contributed by atoms with Crippen LogP contribution >= 0.6 is 0 Å². The Labute approximate surface area is 116 Å². The molecule has 0 N–H and O–H groups in total. The molecule has 1 aliphatic rings. The van der Waals surface area contributed by atoms with Gasteiger partial charge in [-0.2, -0.15) is 0 Å². The van der Waals surface area contributed by atoms with E-state index in [4.69, 9.17) is 9.47 Å². The number of nitro groups is 1. The summed E-state index contributed by atoms with van der Waals surface area (Å²) in [6.45, 7) is 0.590. The lowest BCUT2D eigenvalue weighted by Gasteiger charge is -2.24. The fraction of sp³-hybridized carbons (Fsp3) is 0.462. The van der Waals surface area contributed by atoms with Crippen LogP contribution in [0.1, 0.15) is 12.8 Å². The predicted octanol–water partition coefficient (Wildman–Crippen LogP) is 1.75. The lowest BCUT2D eigenvalue weighted by atomic mass is 10.2. The highest BCUT2D eigenvalue weighted by Gasteiger charge is 2.35. The number of esters is 1. The van der Waals surface area contributed by atoms with Gasteiger partial charge in [0.25, 0.3) is 5.69 Å². The van der Waals surface area contributed by atoms with E-state index in [2.05, 4.69) is 0 Å². The number of carbonyl (C=O) groups excluding carboxylic acids is 1. The summed E-state index contributed by atoms with van der Waals surface area (Å²) in [5, 5.41) is 11.2. The average molecular weight is 280 g/mol. The van der Waals surface area contributed by atoms with Gasteiger partial charge in [0.15, 0.2) is 0 Å². The Balaban J connectivity index is 2.41.